The van der Waals surface area contributed by atoms with Crippen molar-refractivity contribution in [1.29, 1.82) is 0 Å². The quantitative estimate of drug-likeness (QED) is 0.594. The van der Waals surface area contributed by atoms with Crippen molar-refractivity contribution in [2.75, 3.05) is 7.11 Å². The minimum Gasteiger partial charge on any atom is -0.480 e. The molecule has 8 heteroatoms. The van der Waals surface area contributed by atoms with Crippen molar-refractivity contribution < 1.29 is 28.6 Å². The first-order valence-corrected chi connectivity index (χ1v) is 5.87. The van der Waals surface area contributed by atoms with E-state index in [1.54, 1.807) is 0 Å². The highest BCUT2D eigenvalue weighted by molar-refractivity contribution is 5.94. The second-order valence-corrected chi connectivity index (χ2v) is 3.95. The molecule has 1 unspecified atom stereocenters. The second kappa shape index (κ2) is 7.29. The van der Waals surface area contributed by atoms with Gasteiger partial charge in [0.2, 0.25) is 0 Å². The summed E-state index contributed by atoms with van der Waals surface area (Å²) in [5.74, 6) is -2.09. The Labute approximate surface area is 114 Å². The van der Waals surface area contributed by atoms with Crippen LogP contribution in [0.3, 0.4) is 0 Å². The zero-order chi connectivity index (χ0) is 15.1. The number of furan rings is 1. The van der Waals surface area contributed by atoms with E-state index in [2.05, 4.69) is 10.1 Å². The highest BCUT2D eigenvalue weighted by Gasteiger charge is 2.23. The molecular weight excluding hydrogens is 268 g/mol. The lowest BCUT2D eigenvalue weighted by Crippen LogP contribution is -2.41. The summed E-state index contributed by atoms with van der Waals surface area (Å²) in [6.07, 6.45) is -0.182. The number of nitrogens with two attached hydrogens (primary N) is 1. The summed E-state index contributed by atoms with van der Waals surface area (Å²) in [7, 11) is 1.20. The summed E-state index contributed by atoms with van der Waals surface area (Å²) < 4.78 is 9.51. The van der Waals surface area contributed by atoms with E-state index in [9.17, 15) is 14.4 Å². The Balaban J connectivity index is 2.63. The van der Waals surface area contributed by atoms with Gasteiger partial charge in [-0.2, -0.15) is 0 Å². The molecule has 1 rings (SSSR count). The smallest absolute Gasteiger partial charge is 0.326 e. The fourth-order valence-corrected chi connectivity index (χ4v) is 1.46. The predicted octanol–water partition coefficient (Wildman–Crippen LogP) is -0.125. The summed E-state index contributed by atoms with van der Waals surface area (Å²) in [5.41, 5.74) is 5.34. The number of ether oxygens (including phenoxy) is 1. The van der Waals surface area contributed by atoms with Gasteiger partial charge in [0.05, 0.1) is 13.7 Å². The van der Waals surface area contributed by atoms with Crippen LogP contribution in [0.1, 0.15) is 29.2 Å². The number of esters is 1. The number of rotatable bonds is 7. The monoisotopic (exact) mass is 284 g/mol. The molecule has 0 aliphatic heterocycles. The lowest BCUT2D eigenvalue weighted by Gasteiger charge is -2.12. The highest BCUT2D eigenvalue weighted by atomic mass is 16.5. The first kappa shape index (κ1) is 15.7. The average molecular weight is 284 g/mol. The number of hydrogen-bond donors (Lipinski definition) is 3. The third-order valence-corrected chi connectivity index (χ3v) is 2.55. The Morgan fingerprint density at radius 1 is 1.45 bits per heavy atom. The first-order valence-electron chi connectivity index (χ1n) is 5.87. The number of hydrogen-bond acceptors (Lipinski definition) is 6. The van der Waals surface area contributed by atoms with Crippen LogP contribution in [0.25, 0.3) is 0 Å². The van der Waals surface area contributed by atoms with E-state index in [1.807, 2.05) is 0 Å². The minimum absolute atomic E-state index is 0.0326. The van der Waals surface area contributed by atoms with E-state index in [-0.39, 0.29) is 25.1 Å². The van der Waals surface area contributed by atoms with E-state index in [0.29, 0.717) is 5.76 Å². The van der Waals surface area contributed by atoms with Gasteiger partial charge in [-0.15, -0.1) is 0 Å². The molecule has 0 aliphatic carbocycles. The molecule has 1 amide bonds. The standard InChI is InChI=1S/C12H16N2O6/c1-19-10(15)5-3-8(12(17)18)14-11(16)9-4-2-7(6-13)20-9/h2,4,8H,3,5-6,13H2,1H3,(H,14,16)(H,17,18). The molecule has 0 aromatic carbocycles. The predicted molar refractivity (Wildman–Crippen MR) is 66.7 cm³/mol. The maximum absolute atomic E-state index is 11.8. The van der Waals surface area contributed by atoms with Gasteiger partial charge in [-0.3, -0.25) is 9.59 Å². The average Bonchev–Trinajstić information content (AvgIpc) is 2.91. The van der Waals surface area contributed by atoms with Crippen molar-refractivity contribution in [1.82, 2.24) is 5.32 Å². The molecule has 0 spiro atoms. The summed E-state index contributed by atoms with van der Waals surface area (Å²) in [5, 5.41) is 11.3. The molecular formula is C12H16N2O6. The van der Waals surface area contributed by atoms with Crippen LogP contribution in [0.2, 0.25) is 0 Å². The van der Waals surface area contributed by atoms with Crippen molar-refractivity contribution in [3.05, 3.63) is 23.7 Å². The molecule has 1 atom stereocenters. The molecule has 8 nitrogen and oxygen atoms in total. The van der Waals surface area contributed by atoms with Crippen molar-refractivity contribution in [3.63, 3.8) is 0 Å². The van der Waals surface area contributed by atoms with Crippen LogP contribution in [0, 0.1) is 0 Å². The normalized spacial score (nSPS) is 11.7. The number of nitrogens with one attached hydrogen (secondary N) is 1. The van der Waals surface area contributed by atoms with Crippen LogP contribution >= 0.6 is 0 Å². The van der Waals surface area contributed by atoms with Crippen molar-refractivity contribution in [3.8, 4) is 0 Å². The van der Waals surface area contributed by atoms with E-state index in [1.165, 1.54) is 19.2 Å². The Hall–Kier alpha value is -2.35. The molecule has 0 aliphatic rings. The van der Waals surface area contributed by atoms with Gasteiger partial charge >= 0.3 is 11.9 Å². The first-order chi connectivity index (χ1) is 9.47. The second-order valence-electron chi connectivity index (χ2n) is 3.95. The molecule has 4 N–H and O–H groups in total. The van der Waals surface area contributed by atoms with Gasteiger partial charge in [0.15, 0.2) is 5.76 Å². The Kier molecular flexibility index (Phi) is 5.73. The van der Waals surface area contributed by atoms with Crippen LogP contribution < -0.4 is 11.1 Å². The van der Waals surface area contributed by atoms with Gasteiger partial charge in [0.25, 0.3) is 5.91 Å². The van der Waals surface area contributed by atoms with Gasteiger partial charge < -0.3 is 25.3 Å². The Bertz CT molecular complexity index is 496. The van der Waals surface area contributed by atoms with E-state index >= 15 is 0 Å². The number of carbonyl (C=O) groups is 3. The van der Waals surface area contributed by atoms with Crippen molar-refractivity contribution in [2.45, 2.75) is 25.4 Å². The highest BCUT2D eigenvalue weighted by Crippen LogP contribution is 2.08. The van der Waals surface area contributed by atoms with Crippen LogP contribution in [0.15, 0.2) is 16.5 Å². The number of amides is 1. The van der Waals surface area contributed by atoms with Crippen molar-refractivity contribution >= 4 is 17.8 Å². The van der Waals surface area contributed by atoms with Gasteiger partial charge in [-0.05, 0) is 18.6 Å². The number of carbonyl (C=O) groups excluding carboxylic acids is 2. The topological polar surface area (TPSA) is 132 Å². The Morgan fingerprint density at radius 2 is 2.15 bits per heavy atom. The Morgan fingerprint density at radius 3 is 2.65 bits per heavy atom. The molecule has 1 aromatic rings. The molecule has 0 bridgehead atoms. The van der Waals surface area contributed by atoms with Gasteiger partial charge in [0.1, 0.15) is 11.8 Å². The molecule has 0 fully saturated rings. The zero-order valence-corrected chi connectivity index (χ0v) is 10.9. The summed E-state index contributed by atoms with van der Waals surface area (Å²) in [6, 6.07) is 1.73. The van der Waals surface area contributed by atoms with Crippen LogP contribution in [0.5, 0.6) is 0 Å². The van der Waals surface area contributed by atoms with E-state index in [4.69, 9.17) is 15.3 Å². The van der Waals surface area contributed by atoms with Gasteiger partial charge in [-0.1, -0.05) is 0 Å². The molecule has 20 heavy (non-hydrogen) atoms. The van der Waals surface area contributed by atoms with Gasteiger partial charge in [-0.25, -0.2) is 4.79 Å². The van der Waals surface area contributed by atoms with E-state index < -0.39 is 23.9 Å². The molecule has 1 aromatic heterocycles. The maximum atomic E-state index is 11.8. The lowest BCUT2D eigenvalue weighted by atomic mass is 10.1. The third kappa shape index (κ3) is 4.39. The minimum atomic E-state index is -1.24. The van der Waals surface area contributed by atoms with E-state index in [0.717, 1.165) is 0 Å². The molecule has 0 saturated heterocycles. The van der Waals surface area contributed by atoms with Gasteiger partial charge in [0, 0.05) is 6.42 Å². The maximum Gasteiger partial charge on any atom is 0.326 e. The third-order valence-electron chi connectivity index (χ3n) is 2.55. The molecule has 0 radical (unpaired) electrons. The zero-order valence-electron chi connectivity index (χ0n) is 10.9. The summed E-state index contributed by atoms with van der Waals surface area (Å²) in [6.45, 7) is 0.137. The lowest BCUT2D eigenvalue weighted by molar-refractivity contribution is -0.142. The molecule has 110 valence electrons. The fraction of sp³-hybridized carbons (Fsp3) is 0.417. The SMILES string of the molecule is COC(=O)CCC(NC(=O)c1ccc(CN)o1)C(=O)O. The van der Waals surface area contributed by atoms with Crippen LogP contribution in [-0.2, 0) is 20.9 Å². The number of carboxylic acids is 1. The largest absolute Gasteiger partial charge is 0.480 e. The number of carboxylic acid groups (broad SMARTS) is 1. The van der Waals surface area contributed by atoms with Crippen molar-refractivity contribution in [2.24, 2.45) is 5.73 Å². The number of aliphatic carboxylic acids is 1. The van der Waals surface area contributed by atoms with Crippen LogP contribution in [0.4, 0.5) is 0 Å². The molecule has 1 heterocycles. The summed E-state index contributed by atoms with van der Waals surface area (Å²) in [4.78, 5) is 33.8. The van der Waals surface area contributed by atoms with Crippen LogP contribution in [-0.4, -0.2) is 36.1 Å². The number of methoxy groups -OCH3 is 1. The summed E-state index contributed by atoms with van der Waals surface area (Å²) >= 11 is 0. The fourth-order valence-electron chi connectivity index (χ4n) is 1.46. The molecule has 0 saturated carbocycles.